The number of hydrogen-bond donors (Lipinski definition) is 0. The zero-order valence-electron chi connectivity index (χ0n) is 8.25. The van der Waals surface area contributed by atoms with Crippen LogP contribution in [0.3, 0.4) is 0 Å². The second-order valence-corrected chi connectivity index (χ2v) is 3.65. The lowest BCUT2D eigenvalue weighted by Gasteiger charge is -2.34. The van der Waals surface area contributed by atoms with Crippen LogP contribution >= 0.6 is 0 Å². The van der Waals surface area contributed by atoms with Crippen LogP contribution in [0.1, 0.15) is 12.8 Å². The molecule has 2 aliphatic heterocycles. The number of rotatable bonds is 1. The molecule has 2 saturated heterocycles. The summed E-state index contributed by atoms with van der Waals surface area (Å²) in [5, 5.41) is 0. The molecule has 2 atom stereocenters. The van der Waals surface area contributed by atoms with E-state index in [-0.39, 0.29) is 5.92 Å². The van der Waals surface area contributed by atoms with Gasteiger partial charge in [-0.2, -0.15) is 0 Å². The first kappa shape index (κ1) is 9.68. The maximum Gasteiger partial charge on any atom is 0.367 e. The Labute approximate surface area is 82.8 Å². The van der Waals surface area contributed by atoms with Gasteiger partial charge in [0.1, 0.15) is 0 Å². The van der Waals surface area contributed by atoms with E-state index >= 15 is 0 Å². The average molecular weight is 198 g/mol. The molecule has 0 unspecified atom stereocenters. The summed E-state index contributed by atoms with van der Waals surface area (Å²) in [5.74, 6) is -1.67. The molecule has 2 aliphatic rings. The van der Waals surface area contributed by atoms with Gasteiger partial charge in [0.2, 0.25) is 0 Å². The van der Waals surface area contributed by atoms with Gasteiger partial charge in [-0.3, -0.25) is 0 Å². The van der Waals surface area contributed by atoms with Crippen molar-refractivity contribution in [1.29, 1.82) is 0 Å². The van der Waals surface area contributed by atoms with Crippen molar-refractivity contribution in [3.8, 4) is 0 Å². The van der Waals surface area contributed by atoms with Gasteiger partial charge in [-0.25, -0.2) is 4.79 Å². The minimum Gasteiger partial charge on any atom is -0.465 e. The van der Waals surface area contributed by atoms with Crippen LogP contribution in [0, 0.1) is 5.92 Å². The van der Waals surface area contributed by atoms with Crippen LogP contribution in [0.25, 0.3) is 0 Å². The Balaban J connectivity index is 2.29. The van der Waals surface area contributed by atoms with Crippen molar-refractivity contribution in [3.05, 3.63) is 12.2 Å². The van der Waals surface area contributed by atoms with E-state index in [0.717, 1.165) is 18.4 Å². The number of esters is 1. The van der Waals surface area contributed by atoms with Crippen LogP contribution in [-0.2, 0) is 19.0 Å². The average Bonchev–Trinajstić information content (AvgIpc) is 2.57. The second kappa shape index (κ2) is 3.37. The van der Waals surface area contributed by atoms with Crippen molar-refractivity contribution in [3.63, 3.8) is 0 Å². The van der Waals surface area contributed by atoms with Gasteiger partial charge in [-0.1, -0.05) is 6.58 Å². The third-order valence-electron chi connectivity index (χ3n) is 2.85. The number of fused-ring (bicyclic) bond motifs is 1. The molecule has 0 N–H and O–H groups in total. The minimum atomic E-state index is -1.19. The molecular weight excluding hydrogens is 184 g/mol. The summed E-state index contributed by atoms with van der Waals surface area (Å²) in [6.07, 6.45) is 1.82. The number of carbonyl (C=O) groups excluding carboxylic acids is 1. The molecular formula is C10H14O4. The minimum absolute atomic E-state index is 0.0382. The van der Waals surface area contributed by atoms with E-state index in [1.165, 1.54) is 7.11 Å². The highest BCUT2D eigenvalue weighted by molar-refractivity contribution is 5.79. The van der Waals surface area contributed by atoms with E-state index < -0.39 is 11.8 Å². The number of carbonyl (C=O) groups is 1. The Kier molecular flexibility index (Phi) is 2.33. The van der Waals surface area contributed by atoms with Crippen molar-refractivity contribution >= 4 is 5.97 Å². The summed E-state index contributed by atoms with van der Waals surface area (Å²) < 4.78 is 15.6. The topological polar surface area (TPSA) is 44.8 Å². The fourth-order valence-electron chi connectivity index (χ4n) is 2.12. The highest BCUT2D eigenvalue weighted by Gasteiger charge is 2.56. The Bertz CT molecular complexity index is 273. The summed E-state index contributed by atoms with van der Waals surface area (Å²) in [5.41, 5.74) is 0.926. The molecule has 2 rings (SSSR count). The molecule has 0 aromatic carbocycles. The van der Waals surface area contributed by atoms with Crippen molar-refractivity contribution < 1.29 is 19.0 Å². The predicted molar refractivity (Wildman–Crippen MR) is 48.5 cm³/mol. The zero-order chi connectivity index (χ0) is 10.2. The number of methoxy groups -OCH3 is 1. The largest absolute Gasteiger partial charge is 0.465 e. The molecule has 4 nitrogen and oxygen atoms in total. The molecule has 0 radical (unpaired) electrons. The van der Waals surface area contributed by atoms with E-state index in [0.29, 0.717) is 13.2 Å². The first-order valence-corrected chi connectivity index (χ1v) is 4.74. The molecule has 0 aromatic rings. The zero-order valence-corrected chi connectivity index (χ0v) is 8.25. The maximum absolute atomic E-state index is 11.6. The van der Waals surface area contributed by atoms with Gasteiger partial charge in [-0.15, -0.1) is 0 Å². The Morgan fingerprint density at radius 3 is 3.14 bits per heavy atom. The predicted octanol–water partition coefficient (Wildman–Crippen LogP) is 0.869. The Hall–Kier alpha value is -0.870. The van der Waals surface area contributed by atoms with Gasteiger partial charge < -0.3 is 14.2 Å². The fourth-order valence-corrected chi connectivity index (χ4v) is 2.12. The van der Waals surface area contributed by atoms with Gasteiger partial charge in [0.15, 0.2) is 0 Å². The summed E-state index contributed by atoms with van der Waals surface area (Å²) in [6.45, 7) is 4.82. The van der Waals surface area contributed by atoms with Gasteiger partial charge in [0, 0.05) is 5.92 Å². The van der Waals surface area contributed by atoms with E-state index in [1.54, 1.807) is 0 Å². The van der Waals surface area contributed by atoms with Crippen LogP contribution in [-0.4, -0.2) is 32.1 Å². The smallest absolute Gasteiger partial charge is 0.367 e. The first-order valence-electron chi connectivity index (χ1n) is 4.74. The lowest BCUT2D eigenvalue weighted by Crippen LogP contribution is -2.50. The second-order valence-electron chi connectivity index (χ2n) is 3.65. The van der Waals surface area contributed by atoms with Gasteiger partial charge in [0.05, 0.1) is 20.3 Å². The van der Waals surface area contributed by atoms with E-state index in [9.17, 15) is 4.79 Å². The summed E-state index contributed by atoms with van der Waals surface area (Å²) >= 11 is 0. The van der Waals surface area contributed by atoms with E-state index in [1.807, 2.05) is 0 Å². The van der Waals surface area contributed by atoms with Crippen LogP contribution < -0.4 is 0 Å². The molecule has 0 bridgehead atoms. The molecule has 0 spiro atoms. The lowest BCUT2D eigenvalue weighted by atomic mass is 9.88. The Morgan fingerprint density at radius 1 is 1.64 bits per heavy atom. The third-order valence-corrected chi connectivity index (χ3v) is 2.85. The maximum atomic E-state index is 11.6. The van der Waals surface area contributed by atoms with E-state index in [2.05, 4.69) is 6.58 Å². The van der Waals surface area contributed by atoms with Crippen molar-refractivity contribution in [2.24, 2.45) is 5.92 Å². The molecule has 2 fully saturated rings. The summed E-state index contributed by atoms with van der Waals surface area (Å²) in [6, 6.07) is 0. The first-order chi connectivity index (χ1) is 6.70. The van der Waals surface area contributed by atoms with Crippen LogP contribution in [0.15, 0.2) is 12.2 Å². The molecule has 0 amide bonds. The number of hydrogen-bond acceptors (Lipinski definition) is 4. The van der Waals surface area contributed by atoms with Crippen LogP contribution in [0.2, 0.25) is 0 Å². The van der Waals surface area contributed by atoms with Gasteiger partial charge >= 0.3 is 5.97 Å². The number of ether oxygens (including phenoxy) is 3. The highest BCUT2D eigenvalue weighted by atomic mass is 16.7. The molecule has 0 aromatic heterocycles. The highest BCUT2D eigenvalue weighted by Crippen LogP contribution is 2.43. The third kappa shape index (κ3) is 1.18. The quantitative estimate of drug-likeness (QED) is 0.463. The normalized spacial score (nSPS) is 36.6. The van der Waals surface area contributed by atoms with Gasteiger partial charge in [0.25, 0.3) is 5.79 Å². The molecule has 0 saturated carbocycles. The van der Waals surface area contributed by atoms with Crippen molar-refractivity contribution in [2.45, 2.75) is 18.6 Å². The van der Waals surface area contributed by atoms with Crippen molar-refractivity contribution in [2.75, 3.05) is 20.3 Å². The molecule has 14 heavy (non-hydrogen) atoms. The SMILES string of the molecule is C=C1CO[C@@]2(C(=O)OC)OCCC[C@@H]12. The van der Waals surface area contributed by atoms with Crippen molar-refractivity contribution in [1.82, 2.24) is 0 Å². The Morgan fingerprint density at radius 2 is 2.43 bits per heavy atom. The van der Waals surface area contributed by atoms with E-state index in [4.69, 9.17) is 14.2 Å². The monoisotopic (exact) mass is 198 g/mol. The van der Waals surface area contributed by atoms with Crippen LogP contribution in [0.4, 0.5) is 0 Å². The molecule has 78 valence electrons. The standard InChI is InChI=1S/C10H14O4/c1-7-6-14-10(9(11)12-2)8(7)4-3-5-13-10/h8H,1,3-6H2,2H3/t8-,10-/m0/s1. The molecule has 4 heteroatoms. The lowest BCUT2D eigenvalue weighted by molar-refractivity contribution is -0.253. The fraction of sp³-hybridized carbons (Fsp3) is 0.700. The summed E-state index contributed by atoms with van der Waals surface area (Å²) in [7, 11) is 1.34. The van der Waals surface area contributed by atoms with Gasteiger partial charge in [-0.05, 0) is 18.4 Å². The van der Waals surface area contributed by atoms with Crippen LogP contribution in [0.5, 0.6) is 0 Å². The summed E-state index contributed by atoms with van der Waals surface area (Å²) in [4.78, 5) is 11.6. The molecule has 0 aliphatic carbocycles. The molecule has 2 heterocycles.